The Morgan fingerprint density at radius 1 is 1.21 bits per heavy atom. The summed E-state index contributed by atoms with van der Waals surface area (Å²) >= 11 is 7.74. The van der Waals surface area contributed by atoms with Gasteiger partial charge in [-0.25, -0.2) is 0 Å². The van der Waals surface area contributed by atoms with Crippen LogP contribution in [-0.2, 0) is 10.5 Å². The fourth-order valence-electron chi connectivity index (χ4n) is 2.15. The van der Waals surface area contributed by atoms with Crippen molar-refractivity contribution in [3.63, 3.8) is 0 Å². The second-order valence-corrected chi connectivity index (χ2v) is 6.84. The van der Waals surface area contributed by atoms with Crippen molar-refractivity contribution in [1.29, 1.82) is 0 Å². The summed E-state index contributed by atoms with van der Waals surface area (Å²) in [6, 6.07) is 17.4. The van der Waals surface area contributed by atoms with Gasteiger partial charge in [0.1, 0.15) is 5.75 Å². The predicted molar refractivity (Wildman–Crippen MR) is 102 cm³/mol. The molecule has 2 aromatic rings. The van der Waals surface area contributed by atoms with E-state index < -0.39 is 6.10 Å². The van der Waals surface area contributed by atoms with Crippen molar-refractivity contribution >= 4 is 29.3 Å². The van der Waals surface area contributed by atoms with E-state index in [1.165, 1.54) is 5.56 Å². The van der Waals surface area contributed by atoms with Crippen LogP contribution in [0.3, 0.4) is 0 Å². The van der Waals surface area contributed by atoms with Crippen LogP contribution >= 0.6 is 23.4 Å². The molecule has 3 nitrogen and oxygen atoms in total. The van der Waals surface area contributed by atoms with Crippen molar-refractivity contribution in [1.82, 2.24) is 5.32 Å². The lowest BCUT2D eigenvalue weighted by molar-refractivity contribution is -0.127. The normalized spacial score (nSPS) is 11.8. The fraction of sp³-hybridized carbons (Fsp3) is 0.316. The van der Waals surface area contributed by atoms with Gasteiger partial charge in [-0.3, -0.25) is 4.79 Å². The summed E-state index contributed by atoms with van der Waals surface area (Å²) in [7, 11) is 0. The van der Waals surface area contributed by atoms with E-state index in [0.717, 1.165) is 11.5 Å². The highest BCUT2D eigenvalue weighted by atomic mass is 35.5. The first-order valence-electron chi connectivity index (χ1n) is 8.00. The average Bonchev–Trinajstić information content (AvgIpc) is 2.60. The molecule has 0 fully saturated rings. The van der Waals surface area contributed by atoms with Gasteiger partial charge < -0.3 is 10.1 Å². The minimum absolute atomic E-state index is 0.0854. The summed E-state index contributed by atoms with van der Waals surface area (Å²) in [4.78, 5) is 12.2. The largest absolute Gasteiger partial charge is 0.481 e. The SMILES string of the molecule is CCC(Oc1cccc(Cl)c1)C(=O)NCCSCc1ccccc1. The standard InChI is InChI=1S/C19H22ClNO2S/c1-2-18(23-17-10-6-9-16(20)13-17)19(22)21-11-12-24-14-15-7-4-3-5-8-15/h3-10,13,18H,2,11-12,14H2,1H3,(H,21,22). The van der Waals surface area contributed by atoms with Crippen molar-refractivity contribution < 1.29 is 9.53 Å². The molecule has 2 rings (SSSR count). The van der Waals surface area contributed by atoms with Crippen LogP contribution in [-0.4, -0.2) is 24.3 Å². The monoisotopic (exact) mass is 363 g/mol. The van der Waals surface area contributed by atoms with Gasteiger partial charge in [0.2, 0.25) is 0 Å². The van der Waals surface area contributed by atoms with E-state index >= 15 is 0 Å². The molecule has 0 spiro atoms. The molecule has 0 aliphatic rings. The number of hydrogen-bond acceptors (Lipinski definition) is 3. The number of halogens is 1. The van der Waals surface area contributed by atoms with Crippen molar-refractivity contribution in [3.8, 4) is 5.75 Å². The Labute approximate surface area is 152 Å². The quantitative estimate of drug-likeness (QED) is 0.664. The molecule has 1 N–H and O–H groups in total. The average molecular weight is 364 g/mol. The Balaban J connectivity index is 1.70. The molecule has 5 heteroatoms. The molecule has 2 aromatic carbocycles. The van der Waals surface area contributed by atoms with Crippen molar-refractivity contribution in [2.75, 3.05) is 12.3 Å². The third-order valence-electron chi connectivity index (χ3n) is 3.39. The number of thioether (sulfide) groups is 1. The van der Waals surface area contributed by atoms with Crippen LogP contribution in [0.5, 0.6) is 5.75 Å². The van der Waals surface area contributed by atoms with Gasteiger partial charge in [-0.1, -0.05) is 54.9 Å². The highest BCUT2D eigenvalue weighted by molar-refractivity contribution is 7.98. The zero-order valence-electron chi connectivity index (χ0n) is 13.7. The third-order valence-corrected chi connectivity index (χ3v) is 4.66. The first-order chi connectivity index (χ1) is 11.7. The van der Waals surface area contributed by atoms with E-state index in [1.807, 2.05) is 31.2 Å². The van der Waals surface area contributed by atoms with Gasteiger partial charge in [0.25, 0.3) is 5.91 Å². The smallest absolute Gasteiger partial charge is 0.261 e. The number of nitrogens with one attached hydrogen (secondary N) is 1. The molecule has 0 aromatic heterocycles. The van der Waals surface area contributed by atoms with Gasteiger partial charge in [-0.15, -0.1) is 0 Å². The Kier molecular flexibility index (Phi) is 7.99. The maximum atomic E-state index is 12.2. The number of hydrogen-bond donors (Lipinski definition) is 1. The van der Waals surface area contributed by atoms with Crippen molar-refractivity contribution in [3.05, 3.63) is 65.2 Å². The summed E-state index contributed by atoms with van der Waals surface area (Å²) in [5, 5.41) is 3.53. The summed E-state index contributed by atoms with van der Waals surface area (Å²) in [5.74, 6) is 2.35. The van der Waals surface area contributed by atoms with Gasteiger partial charge >= 0.3 is 0 Å². The van der Waals surface area contributed by atoms with E-state index in [1.54, 1.807) is 30.0 Å². The van der Waals surface area contributed by atoms with Gasteiger partial charge in [-0.05, 0) is 30.2 Å². The van der Waals surface area contributed by atoms with E-state index in [0.29, 0.717) is 23.7 Å². The Morgan fingerprint density at radius 2 is 2.00 bits per heavy atom. The lowest BCUT2D eigenvalue weighted by Crippen LogP contribution is -2.39. The third kappa shape index (κ3) is 6.46. The molecule has 1 amide bonds. The molecule has 0 bridgehead atoms. The van der Waals surface area contributed by atoms with Gasteiger partial charge in [-0.2, -0.15) is 11.8 Å². The molecule has 0 aliphatic heterocycles. The molecular weight excluding hydrogens is 342 g/mol. The molecular formula is C19H22ClNO2S. The topological polar surface area (TPSA) is 38.3 Å². The van der Waals surface area contributed by atoms with Gasteiger partial charge in [0.05, 0.1) is 0 Å². The lowest BCUT2D eigenvalue weighted by Gasteiger charge is -2.17. The molecule has 0 radical (unpaired) electrons. The van der Waals surface area contributed by atoms with Crippen LogP contribution in [0, 0.1) is 0 Å². The van der Waals surface area contributed by atoms with E-state index in [-0.39, 0.29) is 5.91 Å². The molecule has 0 saturated carbocycles. The zero-order valence-corrected chi connectivity index (χ0v) is 15.3. The zero-order chi connectivity index (χ0) is 17.2. The van der Waals surface area contributed by atoms with Gasteiger partial charge in [0, 0.05) is 23.1 Å². The van der Waals surface area contributed by atoms with Gasteiger partial charge in [0.15, 0.2) is 6.10 Å². The summed E-state index contributed by atoms with van der Waals surface area (Å²) < 4.78 is 5.73. The second-order valence-electron chi connectivity index (χ2n) is 5.30. The lowest BCUT2D eigenvalue weighted by atomic mass is 10.2. The highest BCUT2D eigenvalue weighted by Gasteiger charge is 2.17. The maximum absolute atomic E-state index is 12.2. The molecule has 0 aliphatic carbocycles. The van der Waals surface area contributed by atoms with Crippen LogP contribution in [0.4, 0.5) is 0 Å². The Bertz CT molecular complexity index is 636. The summed E-state index contributed by atoms with van der Waals surface area (Å²) in [6.45, 7) is 2.56. The maximum Gasteiger partial charge on any atom is 0.261 e. The Morgan fingerprint density at radius 3 is 2.71 bits per heavy atom. The minimum atomic E-state index is -0.498. The summed E-state index contributed by atoms with van der Waals surface area (Å²) in [6.07, 6.45) is 0.109. The number of benzene rings is 2. The number of carbonyl (C=O) groups is 1. The van der Waals surface area contributed by atoms with Crippen LogP contribution in [0.1, 0.15) is 18.9 Å². The van der Waals surface area contributed by atoms with Crippen molar-refractivity contribution in [2.45, 2.75) is 25.2 Å². The molecule has 0 saturated heterocycles. The fourth-order valence-corrected chi connectivity index (χ4v) is 3.15. The van der Waals surface area contributed by atoms with Crippen molar-refractivity contribution in [2.24, 2.45) is 0 Å². The molecule has 24 heavy (non-hydrogen) atoms. The molecule has 128 valence electrons. The highest BCUT2D eigenvalue weighted by Crippen LogP contribution is 2.19. The summed E-state index contributed by atoms with van der Waals surface area (Å²) in [5.41, 5.74) is 1.30. The number of rotatable bonds is 9. The Hall–Kier alpha value is -1.65. The number of amides is 1. The van der Waals surface area contributed by atoms with Crippen LogP contribution in [0.2, 0.25) is 5.02 Å². The van der Waals surface area contributed by atoms with E-state index in [2.05, 4.69) is 17.4 Å². The molecule has 1 atom stereocenters. The first-order valence-corrected chi connectivity index (χ1v) is 9.54. The van der Waals surface area contributed by atoms with Crippen LogP contribution in [0.25, 0.3) is 0 Å². The number of carbonyl (C=O) groups excluding carboxylic acids is 1. The van der Waals surface area contributed by atoms with E-state index in [4.69, 9.17) is 16.3 Å². The predicted octanol–water partition coefficient (Wildman–Crippen LogP) is 4.55. The van der Waals surface area contributed by atoms with Crippen LogP contribution < -0.4 is 10.1 Å². The van der Waals surface area contributed by atoms with Crippen LogP contribution in [0.15, 0.2) is 54.6 Å². The molecule has 1 unspecified atom stereocenters. The first kappa shape index (κ1) is 18.7. The molecule has 0 heterocycles. The minimum Gasteiger partial charge on any atom is -0.481 e. The van der Waals surface area contributed by atoms with E-state index in [9.17, 15) is 4.79 Å². The number of ether oxygens (including phenoxy) is 1. The second kappa shape index (κ2) is 10.3.